The number of rotatable bonds is 15. The molecule has 10 nitrogen and oxygen atoms in total. The molecule has 0 bridgehead atoms. The lowest BCUT2D eigenvalue weighted by atomic mass is 10.1. The van der Waals surface area contributed by atoms with Gasteiger partial charge in [-0.3, -0.25) is 0 Å². The van der Waals surface area contributed by atoms with Crippen molar-refractivity contribution in [2.75, 3.05) is 50.5 Å². The first kappa shape index (κ1) is 27.7. The molecule has 11 heteroatoms. The van der Waals surface area contributed by atoms with Crippen LogP contribution in [0.3, 0.4) is 0 Å². The standard InChI is InChI=1S/C27H38FN7O3/c1-34-14-10-22-25(30-18-31-26(22)34)33-23(27(36)37)11-15-35(16-20(28)17-38-2)13-4-3-7-21-9-8-19-6-5-12-29-24(19)32-21/h8-10,14,18,20,23H,3-7,11-13,15-17H2,1-2H3,(H,29,32)(H,36,37)(H,30,31,33)/t20-,23-/m0/s1. The molecule has 4 heterocycles. The number of hydrogen-bond acceptors (Lipinski definition) is 8. The maximum Gasteiger partial charge on any atom is 0.326 e. The molecular weight excluding hydrogens is 489 g/mol. The van der Waals surface area contributed by atoms with Crippen LogP contribution in [0.4, 0.5) is 16.0 Å². The number of aryl methyl sites for hydroxylation is 3. The third-order valence-electron chi connectivity index (χ3n) is 6.92. The number of aliphatic carboxylic acids is 1. The van der Waals surface area contributed by atoms with Gasteiger partial charge in [-0.25, -0.2) is 24.1 Å². The Kier molecular flexibility index (Phi) is 9.83. The quantitative estimate of drug-likeness (QED) is 0.256. The number of nitrogens with zero attached hydrogens (tertiary/aromatic N) is 5. The van der Waals surface area contributed by atoms with Crippen LogP contribution in [0.15, 0.2) is 30.7 Å². The van der Waals surface area contributed by atoms with Gasteiger partial charge in [-0.15, -0.1) is 0 Å². The van der Waals surface area contributed by atoms with E-state index in [-0.39, 0.29) is 13.2 Å². The first-order valence-electron chi connectivity index (χ1n) is 13.3. The minimum atomic E-state index is -1.14. The number of hydrogen-bond donors (Lipinski definition) is 3. The monoisotopic (exact) mass is 527 g/mol. The Balaban J connectivity index is 1.33. The van der Waals surface area contributed by atoms with Gasteiger partial charge in [0.25, 0.3) is 0 Å². The normalized spacial score (nSPS) is 14.7. The van der Waals surface area contributed by atoms with Crippen molar-refractivity contribution >= 4 is 28.6 Å². The number of unbranched alkanes of at least 4 members (excludes halogenated alkanes) is 1. The fourth-order valence-corrected chi connectivity index (χ4v) is 4.88. The van der Waals surface area contributed by atoms with Gasteiger partial charge < -0.3 is 29.9 Å². The molecule has 3 aromatic rings. The van der Waals surface area contributed by atoms with E-state index >= 15 is 0 Å². The molecule has 0 fully saturated rings. The second kappa shape index (κ2) is 13.5. The van der Waals surface area contributed by atoms with E-state index in [1.807, 2.05) is 28.8 Å². The fourth-order valence-electron chi connectivity index (χ4n) is 4.88. The van der Waals surface area contributed by atoms with Crippen molar-refractivity contribution in [2.24, 2.45) is 7.05 Å². The predicted molar refractivity (Wildman–Crippen MR) is 145 cm³/mol. The number of anilines is 2. The average Bonchev–Trinajstić information content (AvgIpc) is 3.30. The highest BCUT2D eigenvalue weighted by Gasteiger charge is 2.22. The highest BCUT2D eigenvalue weighted by molar-refractivity contribution is 5.89. The van der Waals surface area contributed by atoms with Gasteiger partial charge in [0.15, 0.2) is 0 Å². The number of carbonyl (C=O) groups is 1. The second-order valence-corrected chi connectivity index (χ2v) is 9.86. The fraction of sp³-hybridized carbons (Fsp3) is 0.556. The summed E-state index contributed by atoms with van der Waals surface area (Å²) in [6, 6.07) is 5.24. The third kappa shape index (κ3) is 7.38. The zero-order valence-corrected chi connectivity index (χ0v) is 22.2. The molecule has 0 saturated carbocycles. The average molecular weight is 528 g/mol. The number of aromatic nitrogens is 4. The Hall–Kier alpha value is -3.31. The van der Waals surface area contributed by atoms with Gasteiger partial charge in [0.1, 0.15) is 35.8 Å². The molecule has 0 radical (unpaired) electrons. The van der Waals surface area contributed by atoms with Crippen LogP contribution in [0, 0.1) is 0 Å². The zero-order chi connectivity index (χ0) is 26.9. The van der Waals surface area contributed by atoms with Crippen molar-refractivity contribution in [2.45, 2.75) is 50.7 Å². The van der Waals surface area contributed by atoms with Gasteiger partial charge in [0.05, 0.1) is 12.0 Å². The van der Waals surface area contributed by atoms with Gasteiger partial charge in [0, 0.05) is 45.7 Å². The maximum absolute atomic E-state index is 14.5. The number of fused-ring (bicyclic) bond motifs is 2. The number of carboxylic acids is 1. The Morgan fingerprint density at radius 3 is 2.97 bits per heavy atom. The minimum absolute atomic E-state index is 0.01000. The predicted octanol–water partition coefficient (Wildman–Crippen LogP) is 3.29. The van der Waals surface area contributed by atoms with E-state index in [1.54, 1.807) is 0 Å². The van der Waals surface area contributed by atoms with E-state index in [0.717, 1.165) is 61.2 Å². The Labute approximate surface area is 222 Å². The van der Waals surface area contributed by atoms with Crippen LogP contribution >= 0.6 is 0 Å². The van der Waals surface area contributed by atoms with Crippen molar-refractivity contribution in [3.63, 3.8) is 0 Å². The van der Waals surface area contributed by atoms with Crippen LogP contribution < -0.4 is 10.6 Å². The number of halogens is 1. The molecule has 3 N–H and O–H groups in total. The molecule has 0 unspecified atom stereocenters. The summed E-state index contributed by atoms with van der Waals surface area (Å²) in [4.78, 5) is 27.3. The van der Waals surface area contributed by atoms with E-state index in [2.05, 4.69) is 32.7 Å². The van der Waals surface area contributed by atoms with Gasteiger partial charge >= 0.3 is 5.97 Å². The number of pyridine rings is 1. The number of ether oxygens (including phenoxy) is 1. The van der Waals surface area contributed by atoms with Crippen LogP contribution in [-0.4, -0.2) is 87.6 Å². The van der Waals surface area contributed by atoms with E-state index in [1.165, 1.54) is 19.0 Å². The van der Waals surface area contributed by atoms with E-state index in [0.29, 0.717) is 25.3 Å². The lowest BCUT2D eigenvalue weighted by Gasteiger charge is -2.26. The van der Waals surface area contributed by atoms with Gasteiger partial charge in [-0.1, -0.05) is 6.07 Å². The van der Waals surface area contributed by atoms with Crippen LogP contribution in [-0.2, 0) is 29.4 Å². The lowest BCUT2D eigenvalue weighted by molar-refractivity contribution is -0.138. The molecule has 38 heavy (non-hydrogen) atoms. The van der Waals surface area contributed by atoms with Crippen LogP contribution in [0.25, 0.3) is 11.0 Å². The van der Waals surface area contributed by atoms with Crippen molar-refractivity contribution in [1.29, 1.82) is 0 Å². The molecule has 1 aliphatic heterocycles. The van der Waals surface area contributed by atoms with Crippen molar-refractivity contribution in [3.05, 3.63) is 42.0 Å². The molecule has 0 amide bonds. The molecule has 2 atom stereocenters. The molecule has 3 aromatic heterocycles. The van der Waals surface area contributed by atoms with Crippen LogP contribution in [0.2, 0.25) is 0 Å². The molecule has 4 rings (SSSR count). The highest BCUT2D eigenvalue weighted by Crippen LogP contribution is 2.22. The molecule has 0 aliphatic carbocycles. The number of methoxy groups -OCH3 is 1. The zero-order valence-electron chi connectivity index (χ0n) is 22.2. The van der Waals surface area contributed by atoms with E-state index < -0.39 is 18.2 Å². The summed E-state index contributed by atoms with van der Waals surface area (Å²) in [6.07, 6.45) is 7.25. The van der Waals surface area contributed by atoms with E-state index in [4.69, 9.17) is 9.72 Å². The second-order valence-electron chi connectivity index (χ2n) is 9.86. The summed E-state index contributed by atoms with van der Waals surface area (Å²) in [5.41, 5.74) is 3.05. The first-order chi connectivity index (χ1) is 18.4. The number of carboxylic acid groups (broad SMARTS) is 1. The van der Waals surface area contributed by atoms with Gasteiger partial charge in [0.2, 0.25) is 0 Å². The molecule has 1 aliphatic rings. The summed E-state index contributed by atoms with van der Waals surface area (Å²) in [5, 5.41) is 17.1. The molecule has 0 saturated heterocycles. The molecule has 0 aromatic carbocycles. The van der Waals surface area contributed by atoms with Crippen molar-refractivity contribution in [1.82, 2.24) is 24.4 Å². The smallest absolute Gasteiger partial charge is 0.326 e. The summed E-state index contributed by atoms with van der Waals surface area (Å²) in [7, 11) is 3.35. The topological polar surface area (TPSA) is 117 Å². The minimum Gasteiger partial charge on any atom is -0.480 e. The van der Waals surface area contributed by atoms with Gasteiger partial charge in [-0.05, 0) is 62.8 Å². The van der Waals surface area contributed by atoms with Crippen LogP contribution in [0.5, 0.6) is 0 Å². The number of alkyl halides is 1. The van der Waals surface area contributed by atoms with Gasteiger partial charge in [-0.2, -0.15) is 0 Å². The Morgan fingerprint density at radius 1 is 1.29 bits per heavy atom. The van der Waals surface area contributed by atoms with Crippen LogP contribution in [0.1, 0.15) is 36.9 Å². The maximum atomic E-state index is 14.5. The van der Waals surface area contributed by atoms with Crippen molar-refractivity contribution in [3.8, 4) is 0 Å². The largest absolute Gasteiger partial charge is 0.480 e. The summed E-state index contributed by atoms with van der Waals surface area (Å²) < 4.78 is 21.3. The molecule has 0 spiro atoms. The first-order valence-corrected chi connectivity index (χ1v) is 13.3. The lowest BCUT2D eigenvalue weighted by Crippen LogP contribution is -2.38. The Bertz CT molecular complexity index is 1200. The molecular formula is C27H38FN7O3. The Morgan fingerprint density at radius 2 is 2.16 bits per heavy atom. The summed E-state index contributed by atoms with van der Waals surface area (Å²) in [5.74, 6) is 0.497. The van der Waals surface area contributed by atoms with Crippen molar-refractivity contribution < 1.29 is 19.0 Å². The highest BCUT2D eigenvalue weighted by atomic mass is 19.1. The SMILES string of the molecule is COC[C@@H](F)CN(CCCCc1ccc2c(n1)NCCC2)CC[C@H](Nc1ncnc2c1ccn2C)C(=O)O. The summed E-state index contributed by atoms with van der Waals surface area (Å²) in [6.45, 7) is 2.26. The van der Waals surface area contributed by atoms with E-state index in [9.17, 15) is 14.3 Å². The summed E-state index contributed by atoms with van der Waals surface area (Å²) >= 11 is 0. The number of nitrogens with one attached hydrogen (secondary N) is 2. The third-order valence-corrected chi connectivity index (χ3v) is 6.92. The molecule has 206 valence electrons.